The van der Waals surface area contributed by atoms with Gasteiger partial charge >= 0.3 is 5.97 Å². The van der Waals surface area contributed by atoms with Gasteiger partial charge in [-0.15, -0.1) is 0 Å². The third-order valence-corrected chi connectivity index (χ3v) is 2.34. The van der Waals surface area contributed by atoms with Crippen LogP contribution in [0.15, 0.2) is 0 Å². The molecule has 13 heavy (non-hydrogen) atoms. The van der Waals surface area contributed by atoms with Crippen LogP contribution < -0.4 is 0 Å². The van der Waals surface area contributed by atoms with Crippen molar-refractivity contribution in [1.29, 1.82) is 0 Å². The molecule has 0 saturated heterocycles. The van der Waals surface area contributed by atoms with Crippen molar-refractivity contribution in [3.63, 3.8) is 0 Å². The number of rotatable bonds is 3. The van der Waals surface area contributed by atoms with Crippen LogP contribution >= 0.6 is 0 Å². The number of hydrogen-bond donors (Lipinski definition) is 1. The molecule has 0 unspecified atom stereocenters. The highest BCUT2D eigenvalue weighted by Crippen LogP contribution is 2.28. The first kappa shape index (κ1) is 10.5. The minimum Gasteiger partial charge on any atom is -0.463 e. The van der Waals surface area contributed by atoms with Crippen LogP contribution in [0.25, 0.3) is 0 Å². The Labute approximate surface area is 79.1 Å². The van der Waals surface area contributed by atoms with Crippen LogP contribution in [0, 0.1) is 5.92 Å². The lowest BCUT2D eigenvalue weighted by atomic mass is 10.0. The summed E-state index contributed by atoms with van der Waals surface area (Å²) in [6, 6.07) is 0. The number of ether oxygens (including phenoxy) is 1. The Kier molecular flexibility index (Phi) is 3.72. The van der Waals surface area contributed by atoms with E-state index in [-0.39, 0.29) is 18.2 Å². The summed E-state index contributed by atoms with van der Waals surface area (Å²) in [5.74, 6) is 0.204. The number of aliphatic hydroxyl groups is 1. The minimum absolute atomic E-state index is 0.0289. The lowest BCUT2D eigenvalue weighted by Gasteiger charge is -2.11. The maximum Gasteiger partial charge on any atom is 0.306 e. The normalized spacial score (nSPS) is 28.0. The molecule has 3 heteroatoms. The van der Waals surface area contributed by atoms with Gasteiger partial charge in [0, 0.05) is 6.42 Å². The second kappa shape index (κ2) is 4.61. The van der Waals surface area contributed by atoms with E-state index in [9.17, 15) is 9.90 Å². The quantitative estimate of drug-likeness (QED) is 0.679. The van der Waals surface area contributed by atoms with E-state index < -0.39 is 0 Å². The highest BCUT2D eigenvalue weighted by molar-refractivity contribution is 5.69. The summed E-state index contributed by atoms with van der Waals surface area (Å²) in [5, 5.41) is 9.24. The van der Waals surface area contributed by atoms with E-state index in [1.165, 1.54) is 0 Å². The smallest absolute Gasteiger partial charge is 0.306 e. The number of carbonyl (C=O) groups excluding carboxylic acids is 1. The van der Waals surface area contributed by atoms with Gasteiger partial charge in [0.05, 0.1) is 12.2 Å². The molecular formula is C10H18O3. The molecule has 1 aliphatic carbocycles. The van der Waals surface area contributed by atoms with E-state index in [0.29, 0.717) is 12.3 Å². The minimum atomic E-state index is -0.197. The zero-order valence-corrected chi connectivity index (χ0v) is 8.32. The second-order valence-electron chi connectivity index (χ2n) is 4.08. The van der Waals surface area contributed by atoms with Gasteiger partial charge in [0.1, 0.15) is 0 Å². The van der Waals surface area contributed by atoms with Gasteiger partial charge in [0.2, 0.25) is 0 Å². The van der Waals surface area contributed by atoms with Gasteiger partial charge in [-0.2, -0.15) is 0 Å². The predicted molar refractivity (Wildman–Crippen MR) is 49.2 cm³/mol. The summed E-state index contributed by atoms with van der Waals surface area (Å²) in [6.07, 6.45) is 2.78. The molecule has 2 atom stereocenters. The summed E-state index contributed by atoms with van der Waals surface area (Å²) < 4.78 is 5.03. The number of carbonyl (C=O) groups is 1. The standard InChI is InChI=1S/C10H18O3/c1-7(2)13-10(12)6-8-3-4-9(11)5-8/h7-9,11H,3-6H2,1-2H3/t8-,9+/m1/s1. The number of hydrogen-bond acceptors (Lipinski definition) is 3. The van der Waals surface area contributed by atoms with E-state index in [4.69, 9.17) is 4.74 Å². The highest BCUT2D eigenvalue weighted by atomic mass is 16.5. The van der Waals surface area contributed by atoms with Crippen LogP contribution in [-0.4, -0.2) is 23.3 Å². The molecule has 1 saturated carbocycles. The van der Waals surface area contributed by atoms with Crippen LogP contribution in [0.5, 0.6) is 0 Å². The fraction of sp³-hybridized carbons (Fsp3) is 0.900. The molecule has 0 spiro atoms. The summed E-state index contributed by atoms with van der Waals surface area (Å²) in [7, 11) is 0. The first-order valence-corrected chi connectivity index (χ1v) is 4.95. The molecule has 0 heterocycles. The summed E-state index contributed by atoms with van der Waals surface area (Å²) in [5.41, 5.74) is 0. The van der Waals surface area contributed by atoms with Crippen molar-refractivity contribution in [3.05, 3.63) is 0 Å². The SMILES string of the molecule is CC(C)OC(=O)C[C@@H]1CC[C@H](O)C1. The van der Waals surface area contributed by atoms with Crippen molar-refractivity contribution < 1.29 is 14.6 Å². The van der Waals surface area contributed by atoms with Gasteiger partial charge in [-0.1, -0.05) is 0 Å². The van der Waals surface area contributed by atoms with E-state index in [2.05, 4.69) is 0 Å². The molecule has 1 aliphatic rings. The Balaban J connectivity index is 2.21. The lowest BCUT2D eigenvalue weighted by Crippen LogP contribution is -2.14. The van der Waals surface area contributed by atoms with E-state index in [1.54, 1.807) is 0 Å². The molecule has 0 aliphatic heterocycles. The van der Waals surface area contributed by atoms with Crippen LogP contribution in [0.4, 0.5) is 0 Å². The molecule has 0 radical (unpaired) electrons. The van der Waals surface area contributed by atoms with Gasteiger partial charge in [-0.25, -0.2) is 0 Å². The van der Waals surface area contributed by atoms with Crippen molar-refractivity contribution in [2.24, 2.45) is 5.92 Å². The van der Waals surface area contributed by atoms with E-state index >= 15 is 0 Å². The Morgan fingerprint density at radius 1 is 1.54 bits per heavy atom. The highest BCUT2D eigenvalue weighted by Gasteiger charge is 2.25. The van der Waals surface area contributed by atoms with Crippen molar-refractivity contribution in [2.45, 2.75) is 51.7 Å². The van der Waals surface area contributed by atoms with Crippen LogP contribution in [0.3, 0.4) is 0 Å². The zero-order valence-electron chi connectivity index (χ0n) is 8.32. The largest absolute Gasteiger partial charge is 0.463 e. The van der Waals surface area contributed by atoms with Gasteiger partial charge in [0.15, 0.2) is 0 Å². The molecule has 0 aromatic heterocycles. The molecule has 0 aromatic rings. The van der Waals surface area contributed by atoms with Gasteiger partial charge in [-0.05, 0) is 39.0 Å². The Bertz CT molecular complexity index is 177. The van der Waals surface area contributed by atoms with Crippen molar-refractivity contribution >= 4 is 5.97 Å². The van der Waals surface area contributed by atoms with Crippen molar-refractivity contribution in [2.75, 3.05) is 0 Å². The van der Waals surface area contributed by atoms with Gasteiger partial charge in [0.25, 0.3) is 0 Å². The zero-order chi connectivity index (χ0) is 9.84. The fourth-order valence-electron chi connectivity index (χ4n) is 1.78. The topological polar surface area (TPSA) is 46.5 Å². The van der Waals surface area contributed by atoms with Gasteiger partial charge < -0.3 is 9.84 Å². The van der Waals surface area contributed by atoms with E-state index in [1.807, 2.05) is 13.8 Å². The summed E-state index contributed by atoms with van der Waals surface area (Å²) in [6.45, 7) is 3.70. The summed E-state index contributed by atoms with van der Waals surface area (Å²) >= 11 is 0. The van der Waals surface area contributed by atoms with Gasteiger partial charge in [-0.3, -0.25) is 4.79 Å². The lowest BCUT2D eigenvalue weighted by molar-refractivity contribution is -0.148. The molecule has 76 valence electrons. The molecular weight excluding hydrogens is 168 g/mol. The maximum absolute atomic E-state index is 11.2. The number of esters is 1. The average molecular weight is 186 g/mol. The molecule has 1 fully saturated rings. The third kappa shape index (κ3) is 3.77. The maximum atomic E-state index is 11.2. The molecule has 1 N–H and O–H groups in total. The molecule has 1 rings (SSSR count). The monoisotopic (exact) mass is 186 g/mol. The van der Waals surface area contributed by atoms with Crippen LogP contribution in [-0.2, 0) is 9.53 Å². The Hall–Kier alpha value is -0.570. The predicted octanol–water partition coefficient (Wildman–Crippen LogP) is 1.49. The second-order valence-corrected chi connectivity index (χ2v) is 4.08. The van der Waals surface area contributed by atoms with Crippen LogP contribution in [0.2, 0.25) is 0 Å². The number of aliphatic hydroxyl groups excluding tert-OH is 1. The Morgan fingerprint density at radius 2 is 2.23 bits per heavy atom. The average Bonchev–Trinajstić information content (AvgIpc) is 2.33. The molecule has 0 aromatic carbocycles. The van der Waals surface area contributed by atoms with E-state index in [0.717, 1.165) is 19.3 Å². The first-order chi connectivity index (χ1) is 6.08. The molecule has 0 amide bonds. The fourth-order valence-corrected chi connectivity index (χ4v) is 1.78. The Morgan fingerprint density at radius 3 is 2.69 bits per heavy atom. The third-order valence-electron chi connectivity index (χ3n) is 2.34. The molecule has 0 bridgehead atoms. The first-order valence-electron chi connectivity index (χ1n) is 4.95. The summed E-state index contributed by atoms with van der Waals surface area (Å²) in [4.78, 5) is 11.2. The van der Waals surface area contributed by atoms with Crippen molar-refractivity contribution in [1.82, 2.24) is 0 Å². The van der Waals surface area contributed by atoms with Crippen molar-refractivity contribution in [3.8, 4) is 0 Å². The molecule has 3 nitrogen and oxygen atoms in total. The van der Waals surface area contributed by atoms with Crippen LogP contribution in [0.1, 0.15) is 39.5 Å².